The van der Waals surface area contributed by atoms with E-state index in [1.165, 1.54) is 6.92 Å². The summed E-state index contributed by atoms with van der Waals surface area (Å²) in [5.74, 6) is -0.0169. The summed E-state index contributed by atoms with van der Waals surface area (Å²) in [5, 5.41) is 15.8. The lowest BCUT2D eigenvalue weighted by Gasteiger charge is -2.04. The van der Waals surface area contributed by atoms with Crippen LogP contribution in [0.5, 0.6) is 0 Å². The van der Waals surface area contributed by atoms with Crippen molar-refractivity contribution in [2.24, 2.45) is 0 Å². The van der Waals surface area contributed by atoms with Crippen LogP contribution in [0.2, 0.25) is 0 Å². The number of benzene rings is 1. The van der Waals surface area contributed by atoms with Crippen LogP contribution in [0.3, 0.4) is 0 Å². The smallest absolute Gasteiger partial charge is 0.254 e. The molecule has 0 aliphatic carbocycles. The molecule has 1 atom stereocenters. The summed E-state index contributed by atoms with van der Waals surface area (Å²) in [7, 11) is 0. The molecule has 0 aliphatic rings. The monoisotopic (exact) mass is 245 g/mol. The van der Waals surface area contributed by atoms with Gasteiger partial charge in [0, 0.05) is 12.3 Å². The number of aromatic nitrogens is 2. The minimum Gasteiger partial charge on any atom is -0.384 e. The van der Waals surface area contributed by atoms with Crippen LogP contribution >= 0.6 is 0 Å². The lowest BCUT2D eigenvalue weighted by Crippen LogP contribution is -2.24. The van der Waals surface area contributed by atoms with E-state index in [4.69, 9.17) is 5.11 Å². The molecular formula is C13H15N3O2. The third-order valence-corrected chi connectivity index (χ3v) is 2.46. The molecule has 5 nitrogen and oxygen atoms in total. The molecule has 1 heterocycles. The lowest BCUT2D eigenvalue weighted by molar-refractivity contribution is -0.123. The van der Waals surface area contributed by atoms with Crippen molar-refractivity contribution >= 4 is 11.7 Å². The molecule has 2 N–H and O–H groups in total. The first-order valence-corrected chi connectivity index (χ1v) is 5.71. The van der Waals surface area contributed by atoms with Gasteiger partial charge in [0.05, 0.1) is 6.54 Å². The zero-order valence-corrected chi connectivity index (χ0v) is 10.1. The number of nitrogens with zero attached hydrogens (tertiary/aromatic N) is 2. The Morgan fingerprint density at radius 3 is 2.78 bits per heavy atom. The minimum absolute atomic E-state index is 0.442. The summed E-state index contributed by atoms with van der Waals surface area (Å²) in [6, 6.07) is 11.6. The highest BCUT2D eigenvalue weighted by atomic mass is 16.3. The summed E-state index contributed by atoms with van der Waals surface area (Å²) >= 11 is 0. The standard InChI is InChI=1S/C13H15N3O2/c1-10(17)13(18)14-12-7-8-16(15-12)9-11-5-3-2-4-6-11/h2-8,10,17H,9H2,1H3,(H,14,15,18). The summed E-state index contributed by atoms with van der Waals surface area (Å²) in [6.07, 6.45) is 0.745. The second kappa shape index (κ2) is 5.46. The minimum atomic E-state index is -1.04. The highest BCUT2D eigenvalue weighted by Gasteiger charge is 2.10. The molecule has 1 aromatic heterocycles. The van der Waals surface area contributed by atoms with Gasteiger partial charge in [-0.2, -0.15) is 5.10 Å². The van der Waals surface area contributed by atoms with Crippen molar-refractivity contribution in [3.63, 3.8) is 0 Å². The molecule has 0 bridgehead atoms. The topological polar surface area (TPSA) is 67.2 Å². The molecule has 94 valence electrons. The van der Waals surface area contributed by atoms with Gasteiger partial charge in [-0.25, -0.2) is 0 Å². The van der Waals surface area contributed by atoms with Gasteiger partial charge in [0.1, 0.15) is 6.10 Å². The Morgan fingerprint density at radius 2 is 2.11 bits per heavy atom. The number of hydrogen-bond acceptors (Lipinski definition) is 3. The van der Waals surface area contributed by atoms with Crippen LogP contribution in [0.25, 0.3) is 0 Å². The van der Waals surface area contributed by atoms with Gasteiger partial charge in [0.25, 0.3) is 5.91 Å². The number of carbonyl (C=O) groups excluding carboxylic acids is 1. The Labute approximate surface area is 105 Å². The Hall–Kier alpha value is -2.14. The lowest BCUT2D eigenvalue weighted by atomic mass is 10.2. The molecule has 18 heavy (non-hydrogen) atoms. The maximum Gasteiger partial charge on any atom is 0.254 e. The van der Waals surface area contributed by atoms with Gasteiger partial charge >= 0.3 is 0 Å². The third kappa shape index (κ3) is 3.18. The number of aliphatic hydroxyl groups is 1. The van der Waals surface area contributed by atoms with Gasteiger partial charge in [0.15, 0.2) is 5.82 Å². The Kier molecular flexibility index (Phi) is 3.74. The number of hydrogen-bond donors (Lipinski definition) is 2. The zero-order chi connectivity index (χ0) is 13.0. The average Bonchev–Trinajstić information content (AvgIpc) is 2.77. The Bertz CT molecular complexity index is 520. The molecule has 1 aromatic carbocycles. The zero-order valence-electron chi connectivity index (χ0n) is 10.1. The summed E-state index contributed by atoms with van der Waals surface area (Å²) < 4.78 is 1.73. The molecule has 2 aromatic rings. The van der Waals surface area contributed by atoms with Gasteiger partial charge in [-0.3, -0.25) is 9.48 Å². The number of amides is 1. The third-order valence-electron chi connectivity index (χ3n) is 2.46. The van der Waals surface area contributed by atoms with Crippen molar-refractivity contribution in [2.45, 2.75) is 19.6 Å². The molecule has 0 saturated carbocycles. The van der Waals surface area contributed by atoms with Crippen molar-refractivity contribution in [3.05, 3.63) is 48.2 Å². The number of carbonyl (C=O) groups is 1. The molecule has 2 rings (SSSR count). The second-order valence-electron chi connectivity index (χ2n) is 4.05. The van der Waals surface area contributed by atoms with E-state index in [0.29, 0.717) is 12.4 Å². The highest BCUT2D eigenvalue weighted by Crippen LogP contribution is 2.06. The summed E-state index contributed by atoms with van der Waals surface area (Å²) in [5.41, 5.74) is 1.13. The fourth-order valence-corrected chi connectivity index (χ4v) is 1.52. The summed E-state index contributed by atoms with van der Waals surface area (Å²) in [6.45, 7) is 2.06. The molecule has 1 unspecified atom stereocenters. The Balaban J connectivity index is 2.00. The van der Waals surface area contributed by atoms with Crippen LogP contribution < -0.4 is 5.32 Å². The SMILES string of the molecule is CC(O)C(=O)Nc1ccn(Cc2ccccc2)n1. The predicted octanol–water partition coefficient (Wildman–Crippen LogP) is 1.25. The fraction of sp³-hybridized carbons (Fsp3) is 0.231. The molecule has 1 amide bonds. The largest absolute Gasteiger partial charge is 0.384 e. The van der Waals surface area contributed by atoms with Gasteiger partial charge in [-0.15, -0.1) is 0 Å². The van der Waals surface area contributed by atoms with Crippen molar-refractivity contribution in [1.82, 2.24) is 9.78 Å². The molecule has 5 heteroatoms. The van der Waals surface area contributed by atoms with E-state index in [2.05, 4.69) is 10.4 Å². The number of rotatable bonds is 4. The van der Waals surface area contributed by atoms with Crippen molar-refractivity contribution in [2.75, 3.05) is 5.32 Å². The van der Waals surface area contributed by atoms with Gasteiger partial charge in [0.2, 0.25) is 0 Å². The van der Waals surface area contributed by atoms with Crippen molar-refractivity contribution in [3.8, 4) is 0 Å². The van der Waals surface area contributed by atoms with Crippen LogP contribution in [0.15, 0.2) is 42.6 Å². The molecule has 0 saturated heterocycles. The number of anilines is 1. The van der Waals surface area contributed by atoms with Crippen molar-refractivity contribution < 1.29 is 9.90 Å². The van der Waals surface area contributed by atoms with Gasteiger partial charge in [-0.05, 0) is 12.5 Å². The molecule has 0 aliphatic heterocycles. The van der Waals surface area contributed by atoms with Crippen LogP contribution in [0.1, 0.15) is 12.5 Å². The van der Waals surface area contributed by atoms with Gasteiger partial charge in [-0.1, -0.05) is 30.3 Å². The first-order valence-electron chi connectivity index (χ1n) is 5.71. The molecule has 0 fully saturated rings. The van der Waals surface area contributed by atoms with E-state index in [1.807, 2.05) is 30.3 Å². The Morgan fingerprint density at radius 1 is 1.39 bits per heavy atom. The molecule has 0 radical (unpaired) electrons. The highest BCUT2D eigenvalue weighted by molar-refractivity contribution is 5.92. The first-order chi connectivity index (χ1) is 8.65. The van der Waals surface area contributed by atoms with E-state index in [9.17, 15) is 4.79 Å². The number of nitrogens with one attached hydrogen (secondary N) is 1. The first kappa shape index (κ1) is 12.3. The fourth-order valence-electron chi connectivity index (χ4n) is 1.52. The average molecular weight is 245 g/mol. The summed E-state index contributed by atoms with van der Waals surface area (Å²) in [4.78, 5) is 11.3. The van der Waals surface area contributed by atoms with E-state index >= 15 is 0 Å². The van der Waals surface area contributed by atoms with E-state index in [-0.39, 0.29) is 0 Å². The van der Waals surface area contributed by atoms with Crippen LogP contribution in [0.4, 0.5) is 5.82 Å². The maximum atomic E-state index is 11.3. The quantitative estimate of drug-likeness (QED) is 0.852. The van der Waals surface area contributed by atoms with Gasteiger partial charge < -0.3 is 10.4 Å². The van der Waals surface area contributed by atoms with E-state index in [0.717, 1.165) is 5.56 Å². The molecular weight excluding hydrogens is 230 g/mol. The van der Waals surface area contributed by atoms with Crippen LogP contribution in [0, 0.1) is 0 Å². The second-order valence-corrected chi connectivity index (χ2v) is 4.05. The molecule has 0 spiro atoms. The maximum absolute atomic E-state index is 11.3. The van der Waals surface area contributed by atoms with E-state index in [1.54, 1.807) is 16.9 Å². The predicted molar refractivity (Wildman–Crippen MR) is 68.1 cm³/mol. The van der Waals surface area contributed by atoms with E-state index < -0.39 is 12.0 Å². The van der Waals surface area contributed by atoms with Crippen LogP contribution in [-0.2, 0) is 11.3 Å². The van der Waals surface area contributed by atoms with Crippen LogP contribution in [-0.4, -0.2) is 26.9 Å². The normalized spacial score (nSPS) is 12.1. The van der Waals surface area contributed by atoms with Crippen molar-refractivity contribution in [1.29, 1.82) is 0 Å². The number of aliphatic hydroxyl groups excluding tert-OH is 1.